The number of Topliss-reactive ketones (excluding diaryl/α,β-unsaturated/α-hetero) is 1. The summed E-state index contributed by atoms with van der Waals surface area (Å²) in [4.78, 5) is 11.6. The van der Waals surface area contributed by atoms with Crippen molar-refractivity contribution in [3.8, 4) is 0 Å². The summed E-state index contributed by atoms with van der Waals surface area (Å²) < 4.78 is 26.9. The minimum atomic E-state index is -3.56. The van der Waals surface area contributed by atoms with Crippen molar-refractivity contribution in [3.05, 3.63) is 29.8 Å². The predicted molar refractivity (Wildman–Crippen MR) is 81.5 cm³/mol. The fourth-order valence-corrected chi connectivity index (χ4v) is 4.22. The number of rotatable bonds is 4. The highest BCUT2D eigenvalue weighted by Crippen LogP contribution is 2.27. The normalized spacial score (nSPS) is 24.0. The average molecular weight is 310 g/mol. The van der Waals surface area contributed by atoms with Gasteiger partial charge >= 0.3 is 0 Å². The lowest BCUT2D eigenvalue weighted by molar-refractivity contribution is 0.101. The Bertz CT molecular complexity index is 628. The van der Waals surface area contributed by atoms with Gasteiger partial charge in [-0.1, -0.05) is 19.1 Å². The van der Waals surface area contributed by atoms with Gasteiger partial charge in [0.2, 0.25) is 10.0 Å². The van der Waals surface area contributed by atoms with E-state index in [4.69, 9.17) is 5.73 Å². The Kier molecular flexibility index (Phi) is 4.81. The Morgan fingerprint density at radius 1 is 1.43 bits per heavy atom. The standard InChI is InChI=1S/C15H22N2O3S/c1-11-6-7-17(10-14(11)9-16)21(19,20)15-5-3-4-13(8-15)12(2)18/h3-5,8,11,14H,6-7,9-10,16H2,1-2H3. The molecular weight excluding hydrogens is 288 g/mol. The number of benzene rings is 1. The van der Waals surface area contributed by atoms with E-state index in [0.29, 0.717) is 31.1 Å². The first kappa shape index (κ1) is 16.1. The molecule has 1 aromatic rings. The zero-order valence-corrected chi connectivity index (χ0v) is 13.3. The van der Waals surface area contributed by atoms with Crippen LogP contribution in [0.5, 0.6) is 0 Å². The van der Waals surface area contributed by atoms with Crippen molar-refractivity contribution < 1.29 is 13.2 Å². The summed E-state index contributed by atoms with van der Waals surface area (Å²) >= 11 is 0. The molecule has 5 nitrogen and oxygen atoms in total. The molecule has 116 valence electrons. The molecule has 2 unspecified atom stereocenters. The van der Waals surface area contributed by atoms with Crippen molar-refractivity contribution in [2.24, 2.45) is 17.6 Å². The van der Waals surface area contributed by atoms with Crippen LogP contribution in [0.25, 0.3) is 0 Å². The molecule has 0 aromatic heterocycles. The van der Waals surface area contributed by atoms with Crippen LogP contribution in [-0.4, -0.2) is 38.1 Å². The first-order chi connectivity index (χ1) is 9.86. The molecule has 1 aliphatic heterocycles. The highest BCUT2D eigenvalue weighted by atomic mass is 32.2. The van der Waals surface area contributed by atoms with Crippen molar-refractivity contribution in [1.29, 1.82) is 0 Å². The fraction of sp³-hybridized carbons (Fsp3) is 0.533. The first-order valence-electron chi connectivity index (χ1n) is 7.17. The molecule has 2 rings (SSSR count). The van der Waals surface area contributed by atoms with Crippen LogP contribution < -0.4 is 5.73 Å². The number of nitrogens with two attached hydrogens (primary N) is 1. The van der Waals surface area contributed by atoms with Crippen LogP contribution in [0.3, 0.4) is 0 Å². The second-order valence-corrected chi connectivity index (χ2v) is 7.65. The van der Waals surface area contributed by atoms with Gasteiger partial charge in [-0.3, -0.25) is 4.79 Å². The molecule has 1 heterocycles. The van der Waals surface area contributed by atoms with Crippen LogP contribution in [0.15, 0.2) is 29.2 Å². The van der Waals surface area contributed by atoms with Crippen LogP contribution in [0.4, 0.5) is 0 Å². The van der Waals surface area contributed by atoms with E-state index in [0.717, 1.165) is 6.42 Å². The largest absolute Gasteiger partial charge is 0.330 e. The van der Waals surface area contributed by atoms with Crippen LogP contribution in [-0.2, 0) is 10.0 Å². The van der Waals surface area contributed by atoms with Crippen molar-refractivity contribution in [3.63, 3.8) is 0 Å². The van der Waals surface area contributed by atoms with E-state index in [9.17, 15) is 13.2 Å². The second-order valence-electron chi connectivity index (χ2n) is 5.71. The maximum Gasteiger partial charge on any atom is 0.243 e. The predicted octanol–water partition coefficient (Wildman–Crippen LogP) is 1.49. The van der Waals surface area contributed by atoms with E-state index >= 15 is 0 Å². The second kappa shape index (κ2) is 6.25. The molecule has 0 amide bonds. The molecule has 1 saturated heterocycles. The summed E-state index contributed by atoms with van der Waals surface area (Å²) in [6.45, 7) is 4.98. The lowest BCUT2D eigenvalue weighted by Crippen LogP contribution is -2.45. The average Bonchev–Trinajstić information content (AvgIpc) is 2.47. The molecule has 0 aliphatic carbocycles. The third kappa shape index (κ3) is 3.33. The van der Waals surface area contributed by atoms with E-state index in [1.807, 2.05) is 0 Å². The highest BCUT2D eigenvalue weighted by Gasteiger charge is 2.33. The monoisotopic (exact) mass is 310 g/mol. The van der Waals surface area contributed by atoms with Gasteiger partial charge in [0.05, 0.1) is 4.90 Å². The Balaban J connectivity index is 2.30. The summed E-state index contributed by atoms with van der Waals surface area (Å²) in [6, 6.07) is 6.23. The summed E-state index contributed by atoms with van der Waals surface area (Å²) in [5, 5.41) is 0. The lowest BCUT2D eigenvalue weighted by atomic mass is 9.88. The minimum Gasteiger partial charge on any atom is -0.330 e. The minimum absolute atomic E-state index is 0.140. The maximum absolute atomic E-state index is 12.7. The number of sulfonamides is 1. The lowest BCUT2D eigenvalue weighted by Gasteiger charge is -2.35. The summed E-state index contributed by atoms with van der Waals surface area (Å²) in [5.41, 5.74) is 6.15. The van der Waals surface area contributed by atoms with Gasteiger partial charge in [-0.2, -0.15) is 4.31 Å². The van der Waals surface area contributed by atoms with Gasteiger partial charge in [-0.25, -0.2) is 8.42 Å². The molecule has 1 fully saturated rings. The van der Waals surface area contributed by atoms with Gasteiger partial charge in [0.25, 0.3) is 0 Å². The summed E-state index contributed by atoms with van der Waals surface area (Å²) in [7, 11) is -3.56. The third-order valence-corrected chi connectivity index (χ3v) is 6.12. The number of carbonyl (C=O) groups is 1. The highest BCUT2D eigenvalue weighted by molar-refractivity contribution is 7.89. The quantitative estimate of drug-likeness (QED) is 0.855. The Labute approximate surface area is 126 Å². The Morgan fingerprint density at radius 2 is 2.14 bits per heavy atom. The van der Waals surface area contributed by atoms with Crippen molar-refractivity contribution in [2.75, 3.05) is 19.6 Å². The zero-order chi connectivity index (χ0) is 15.6. The number of ketones is 1. The van der Waals surface area contributed by atoms with E-state index in [1.54, 1.807) is 12.1 Å². The molecule has 1 aromatic carbocycles. The van der Waals surface area contributed by atoms with Crippen molar-refractivity contribution >= 4 is 15.8 Å². The van der Waals surface area contributed by atoms with E-state index in [2.05, 4.69) is 6.92 Å². The summed E-state index contributed by atoms with van der Waals surface area (Å²) in [5.74, 6) is 0.480. The number of nitrogens with zero attached hydrogens (tertiary/aromatic N) is 1. The molecule has 1 aliphatic rings. The van der Waals surface area contributed by atoms with Crippen LogP contribution in [0.2, 0.25) is 0 Å². The van der Waals surface area contributed by atoms with Gasteiger partial charge in [0.15, 0.2) is 5.78 Å². The molecule has 2 atom stereocenters. The number of piperidine rings is 1. The third-order valence-electron chi connectivity index (χ3n) is 4.26. The first-order valence-corrected chi connectivity index (χ1v) is 8.61. The molecule has 2 N–H and O–H groups in total. The van der Waals surface area contributed by atoms with E-state index in [-0.39, 0.29) is 16.6 Å². The topological polar surface area (TPSA) is 80.5 Å². The van der Waals surface area contributed by atoms with E-state index in [1.165, 1.54) is 23.4 Å². The molecule has 0 spiro atoms. The number of hydrogen-bond donors (Lipinski definition) is 1. The smallest absolute Gasteiger partial charge is 0.243 e. The van der Waals surface area contributed by atoms with Crippen molar-refractivity contribution in [1.82, 2.24) is 4.31 Å². The number of hydrogen-bond acceptors (Lipinski definition) is 4. The molecular formula is C15H22N2O3S. The van der Waals surface area contributed by atoms with Gasteiger partial charge < -0.3 is 5.73 Å². The molecule has 0 bridgehead atoms. The fourth-order valence-electron chi connectivity index (χ4n) is 2.67. The molecule has 0 radical (unpaired) electrons. The van der Waals surface area contributed by atoms with Crippen LogP contribution >= 0.6 is 0 Å². The molecule has 0 saturated carbocycles. The summed E-state index contributed by atoms with van der Waals surface area (Å²) in [6.07, 6.45) is 0.813. The Hall–Kier alpha value is -1.24. The zero-order valence-electron chi connectivity index (χ0n) is 12.5. The van der Waals surface area contributed by atoms with Gasteiger partial charge in [0, 0.05) is 18.7 Å². The van der Waals surface area contributed by atoms with E-state index < -0.39 is 10.0 Å². The maximum atomic E-state index is 12.7. The van der Waals surface area contributed by atoms with Gasteiger partial charge in [0.1, 0.15) is 0 Å². The van der Waals surface area contributed by atoms with Gasteiger partial charge in [-0.15, -0.1) is 0 Å². The van der Waals surface area contributed by atoms with Gasteiger partial charge in [-0.05, 0) is 43.9 Å². The van der Waals surface area contributed by atoms with Crippen LogP contribution in [0.1, 0.15) is 30.6 Å². The number of carbonyl (C=O) groups excluding carboxylic acids is 1. The molecule has 21 heavy (non-hydrogen) atoms. The van der Waals surface area contributed by atoms with Crippen LogP contribution in [0, 0.1) is 11.8 Å². The SMILES string of the molecule is CC(=O)c1cccc(S(=O)(=O)N2CCC(C)C(CN)C2)c1. The van der Waals surface area contributed by atoms with Crippen molar-refractivity contribution in [2.45, 2.75) is 25.2 Å². The Morgan fingerprint density at radius 3 is 2.76 bits per heavy atom. The molecule has 6 heteroatoms.